The first kappa shape index (κ1) is 22.9. The zero-order chi connectivity index (χ0) is 24.7. The molecule has 1 aliphatic heterocycles. The number of rotatable bonds is 6. The van der Waals surface area contributed by atoms with Gasteiger partial charge in [0.15, 0.2) is 12.0 Å². The summed E-state index contributed by atoms with van der Waals surface area (Å²) in [6.45, 7) is 2.05. The van der Waals surface area contributed by atoms with Gasteiger partial charge in [0.05, 0.1) is 17.0 Å². The Hall–Kier alpha value is -3.91. The van der Waals surface area contributed by atoms with E-state index in [0.717, 1.165) is 21.2 Å². The Bertz CT molecular complexity index is 1510. The highest BCUT2D eigenvalue weighted by Crippen LogP contribution is 2.39. The van der Waals surface area contributed by atoms with Crippen LogP contribution in [0.3, 0.4) is 0 Å². The quantitative estimate of drug-likeness (QED) is 0.394. The number of primary amides is 1. The number of ether oxygens (including phenoxy) is 1. The zero-order valence-electron chi connectivity index (χ0n) is 18.8. The summed E-state index contributed by atoms with van der Waals surface area (Å²) < 4.78 is 12.1. The maximum atomic E-state index is 13.7. The fraction of sp³-hybridized carbons (Fsp3) is 0.148. The van der Waals surface area contributed by atoms with Crippen LogP contribution in [0.4, 0.5) is 0 Å². The van der Waals surface area contributed by atoms with Crippen molar-refractivity contribution in [3.8, 4) is 5.75 Å². The molecular formula is C27H21BrN2O5. The van der Waals surface area contributed by atoms with E-state index < -0.39 is 11.9 Å². The van der Waals surface area contributed by atoms with Crippen molar-refractivity contribution >= 4 is 38.7 Å². The van der Waals surface area contributed by atoms with Gasteiger partial charge in [-0.3, -0.25) is 14.4 Å². The van der Waals surface area contributed by atoms with Gasteiger partial charge in [0.25, 0.3) is 11.8 Å². The van der Waals surface area contributed by atoms with Crippen LogP contribution in [-0.2, 0) is 11.3 Å². The lowest BCUT2D eigenvalue weighted by Gasteiger charge is -2.25. The molecule has 2 heterocycles. The number of halogens is 1. The number of benzene rings is 3. The maximum Gasteiger partial charge on any atom is 0.291 e. The van der Waals surface area contributed by atoms with Gasteiger partial charge >= 0.3 is 0 Å². The summed E-state index contributed by atoms with van der Waals surface area (Å²) in [5.74, 6) is -0.418. The zero-order valence-corrected chi connectivity index (χ0v) is 20.4. The van der Waals surface area contributed by atoms with E-state index in [-0.39, 0.29) is 23.7 Å². The third-order valence-corrected chi connectivity index (χ3v) is 6.47. The molecule has 0 radical (unpaired) electrons. The predicted molar refractivity (Wildman–Crippen MR) is 134 cm³/mol. The second kappa shape index (κ2) is 9.03. The van der Waals surface area contributed by atoms with E-state index in [9.17, 15) is 14.4 Å². The summed E-state index contributed by atoms with van der Waals surface area (Å²) in [7, 11) is 0. The molecule has 8 heteroatoms. The molecule has 0 bridgehead atoms. The Morgan fingerprint density at radius 3 is 2.46 bits per heavy atom. The van der Waals surface area contributed by atoms with Crippen molar-refractivity contribution in [3.63, 3.8) is 0 Å². The molecule has 0 saturated heterocycles. The summed E-state index contributed by atoms with van der Waals surface area (Å²) in [6.07, 6.45) is 0. The van der Waals surface area contributed by atoms with Crippen LogP contribution in [-0.4, -0.2) is 23.3 Å². The molecule has 3 aromatic carbocycles. The van der Waals surface area contributed by atoms with Crippen molar-refractivity contribution < 1.29 is 18.7 Å². The van der Waals surface area contributed by atoms with Crippen LogP contribution < -0.4 is 15.9 Å². The number of fused-ring (bicyclic) bond motifs is 2. The lowest BCUT2D eigenvalue weighted by Crippen LogP contribution is -2.29. The molecule has 0 spiro atoms. The van der Waals surface area contributed by atoms with Crippen LogP contribution in [0.5, 0.6) is 5.75 Å². The molecule has 7 nitrogen and oxygen atoms in total. The molecule has 1 atom stereocenters. The van der Waals surface area contributed by atoms with Crippen LogP contribution >= 0.6 is 15.9 Å². The van der Waals surface area contributed by atoms with E-state index in [1.54, 1.807) is 47.4 Å². The van der Waals surface area contributed by atoms with E-state index in [2.05, 4.69) is 15.9 Å². The number of hydrogen-bond donors (Lipinski definition) is 1. The fourth-order valence-corrected chi connectivity index (χ4v) is 4.65. The molecule has 5 rings (SSSR count). The summed E-state index contributed by atoms with van der Waals surface area (Å²) in [5.41, 5.74) is 8.33. The van der Waals surface area contributed by atoms with Crippen molar-refractivity contribution in [1.82, 2.24) is 4.90 Å². The van der Waals surface area contributed by atoms with Gasteiger partial charge in [0, 0.05) is 11.0 Å². The molecule has 35 heavy (non-hydrogen) atoms. The minimum Gasteiger partial charge on any atom is -0.484 e. The summed E-state index contributed by atoms with van der Waals surface area (Å²) >= 11 is 3.41. The Kier molecular flexibility index (Phi) is 5.90. The minimum absolute atomic E-state index is 0.0518. The van der Waals surface area contributed by atoms with Gasteiger partial charge in [-0.15, -0.1) is 0 Å². The number of hydrogen-bond acceptors (Lipinski definition) is 5. The van der Waals surface area contributed by atoms with Crippen LogP contribution in [0.1, 0.15) is 38.9 Å². The van der Waals surface area contributed by atoms with Crippen molar-refractivity contribution in [2.45, 2.75) is 19.5 Å². The molecular weight excluding hydrogens is 512 g/mol. The molecule has 0 fully saturated rings. The average Bonchev–Trinajstić information content (AvgIpc) is 3.11. The Morgan fingerprint density at radius 2 is 1.77 bits per heavy atom. The molecule has 1 aliphatic rings. The fourth-order valence-electron chi connectivity index (χ4n) is 4.29. The first-order valence-electron chi connectivity index (χ1n) is 11.0. The lowest BCUT2D eigenvalue weighted by molar-refractivity contribution is -0.119. The molecule has 4 aromatic rings. The van der Waals surface area contributed by atoms with E-state index in [1.807, 2.05) is 31.2 Å². The van der Waals surface area contributed by atoms with Crippen LogP contribution in [0.25, 0.3) is 11.0 Å². The van der Waals surface area contributed by atoms with Gasteiger partial charge in [-0.2, -0.15) is 0 Å². The van der Waals surface area contributed by atoms with E-state index in [0.29, 0.717) is 28.8 Å². The molecule has 0 aliphatic carbocycles. The van der Waals surface area contributed by atoms with Crippen molar-refractivity contribution in [2.24, 2.45) is 5.73 Å². The highest BCUT2D eigenvalue weighted by Gasteiger charge is 2.42. The lowest BCUT2D eigenvalue weighted by atomic mass is 9.98. The van der Waals surface area contributed by atoms with Gasteiger partial charge in [-0.25, -0.2) is 0 Å². The standard InChI is InChI=1S/C27H21BrN2O5/c1-15-2-4-16(5-3-15)13-30-24(17-6-9-19(10-7-17)34-14-22(29)31)23-25(32)20-12-18(28)8-11-21(20)35-26(23)27(30)33/h2-12,24H,13-14H2,1H3,(H2,29,31). The van der Waals surface area contributed by atoms with Gasteiger partial charge in [-0.1, -0.05) is 57.9 Å². The average molecular weight is 533 g/mol. The van der Waals surface area contributed by atoms with Crippen molar-refractivity contribution in [2.75, 3.05) is 6.61 Å². The Labute approximate surface area is 209 Å². The number of aryl methyl sites for hydroxylation is 1. The monoisotopic (exact) mass is 532 g/mol. The topological polar surface area (TPSA) is 103 Å². The van der Waals surface area contributed by atoms with Crippen molar-refractivity contribution in [1.29, 1.82) is 0 Å². The number of carbonyl (C=O) groups excluding carboxylic acids is 2. The van der Waals surface area contributed by atoms with Gasteiger partial charge < -0.3 is 19.8 Å². The van der Waals surface area contributed by atoms with Crippen LogP contribution in [0, 0.1) is 6.92 Å². The summed E-state index contributed by atoms with van der Waals surface area (Å²) in [4.78, 5) is 39.9. The van der Waals surface area contributed by atoms with Gasteiger partial charge in [0.2, 0.25) is 5.76 Å². The second-order valence-electron chi connectivity index (χ2n) is 8.46. The smallest absolute Gasteiger partial charge is 0.291 e. The van der Waals surface area contributed by atoms with Crippen LogP contribution in [0.15, 0.2) is 80.4 Å². The minimum atomic E-state index is -0.649. The largest absolute Gasteiger partial charge is 0.484 e. The second-order valence-corrected chi connectivity index (χ2v) is 9.38. The SMILES string of the molecule is Cc1ccc(CN2C(=O)c3oc4ccc(Br)cc4c(=O)c3C2c2ccc(OCC(N)=O)cc2)cc1. The molecule has 176 valence electrons. The van der Waals surface area contributed by atoms with Crippen molar-refractivity contribution in [3.05, 3.63) is 109 Å². The van der Waals surface area contributed by atoms with E-state index >= 15 is 0 Å². The number of nitrogens with two attached hydrogens (primary N) is 1. The normalized spacial score (nSPS) is 14.9. The molecule has 1 aromatic heterocycles. The van der Waals surface area contributed by atoms with Crippen LogP contribution in [0.2, 0.25) is 0 Å². The molecule has 1 unspecified atom stereocenters. The highest BCUT2D eigenvalue weighted by atomic mass is 79.9. The van der Waals surface area contributed by atoms with Gasteiger partial charge in [-0.05, 0) is 48.4 Å². The number of amides is 2. The first-order valence-corrected chi connectivity index (χ1v) is 11.7. The van der Waals surface area contributed by atoms with Gasteiger partial charge in [0.1, 0.15) is 11.3 Å². The summed E-state index contributed by atoms with van der Waals surface area (Å²) in [5, 5.41) is 0.398. The molecule has 2 amide bonds. The summed E-state index contributed by atoms with van der Waals surface area (Å²) in [6, 6.07) is 19.3. The van der Waals surface area contributed by atoms with E-state index in [1.165, 1.54) is 0 Å². The van der Waals surface area contributed by atoms with E-state index in [4.69, 9.17) is 14.9 Å². The predicted octanol–water partition coefficient (Wildman–Crippen LogP) is 4.47. The third-order valence-electron chi connectivity index (χ3n) is 5.98. The number of nitrogens with zero attached hydrogens (tertiary/aromatic N) is 1. The number of carbonyl (C=O) groups is 2. The molecule has 2 N–H and O–H groups in total. The highest BCUT2D eigenvalue weighted by molar-refractivity contribution is 9.10. The Morgan fingerprint density at radius 1 is 1.06 bits per heavy atom. The maximum absolute atomic E-state index is 13.7. The Balaban J connectivity index is 1.63. The third kappa shape index (κ3) is 4.33. The molecule has 0 saturated carbocycles. The first-order chi connectivity index (χ1) is 16.8.